The van der Waals surface area contributed by atoms with Crippen molar-refractivity contribution in [3.63, 3.8) is 0 Å². The van der Waals surface area contributed by atoms with E-state index in [4.69, 9.17) is 9.15 Å². The van der Waals surface area contributed by atoms with Crippen LogP contribution in [-0.2, 0) is 16.1 Å². The molecule has 21 heavy (non-hydrogen) atoms. The molecule has 0 unspecified atom stereocenters. The van der Waals surface area contributed by atoms with Crippen LogP contribution in [0.15, 0.2) is 22.8 Å². The number of carbonyl (C=O) groups excluding carboxylic acids is 2. The van der Waals surface area contributed by atoms with Gasteiger partial charge in [0, 0.05) is 7.05 Å². The van der Waals surface area contributed by atoms with Crippen molar-refractivity contribution < 1.29 is 18.7 Å². The van der Waals surface area contributed by atoms with Gasteiger partial charge in [-0.15, -0.1) is 11.3 Å². The quantitative estimate of drug-likeness (QED) is 0.792. The van der Waals surface area contributed by atoms with E-state index >= 15 is 0 Å². The zero-order valence-electron chi connectivity index (χ0n) is 12.1. The predicted octanol–water partition coefficient (Wildman–Crippen LogP) is 2.17. The molecule has 2 aromatic rings. The fraction of sp³-hybridized carbons (Fsp3) is 0.357. The number of aromatic nitrogens is 1. The number of esters is 1. The summed E-state index contributed by atoms with van der Waals surface area (Å²) in [6.45, 7) is 3.59. The SMILES string of the molecule is Cc1nc(C)c(C(=O)OCC(=O)N(C)Cc2ccco2)s1. The van der Waals surface area contributed by atoms with E-state index in [1.54, 1.807) is 32.4 Å². The van der Waals surface area contributed by atoms with E-state index in [1.807, 2.05) is 6.92 Å². The van der Waals surface area contributed by atoms with Crippen molar-refractivity contribution >= 4 is 23.2 Å². The third-order valence-corrected chi connectivity index (χ3v) is 3.87. The maximum absolute atomic E-state index is 11.9. The van der Waals surface area contributed by atoms with E-state index in [1.165, 1.54) is 16.2 Å². The minimum absolute atomic E-state index is 0.293. The van der Waals surface area contributed by atoms with Crippen LogP contribution in [0.5, 0.6) is 0 Å². The summed E-state index contributed by atoms with van der Waals surface area (Å²) < 4.78 is 10.2. The van der Waals surface area contributed by atoms with E-state index in [0.717, 1.165) is 5.01 Å². The molecular formula is C14H16N2O4S. The minimum Gasteiger partial charge on any atom is -0.467 e. The number of likely N-dealkylation sites (N-methyl/N-ethyl adjacent to an activating group) is 1. The van der Waals surface area contributed by atoms with Crippen LogP contribution in [0.25, 0.3) is 0 Å². The zero-order valence-corrected chi connectivity index (χ0v) is 12.9. The van der Waals surface area contributed by atoms with Gasteiger partial charge in [0.25, 0.3) is 5.91 Å². The molecule has 1 amide bonds. The number of thiazole rings is 1. The van der Waals surface area contributed by atoms with E-state index in [9.17, 15) is 9.59 Å². The highest BCUT2D eigenvalue weighted by Crippen LogP contribution is 2.18. The lowest BCUT2D eigenvalue weighted by Crippen LogP contribution is -2.30. The second kappa shape index (κ2) is 6.53. The van der Waals surface area contributed by atoms with Crippen LogP contribution in [0.3, 0.4) is 0 Å². The van der Waals surface area contributed by atoms with Crippen LogP contribution < -0.4 is 0 Å². The Morgan fingerprint density at radius 3 is 2.76 bits per heavy atom. The van der Waals surface area contributed by atoms with Crippen molar-refractivity contribution in [2.24, 2.45) is 0 Å². The Kier molecular flexibility index (Phi) is 4.74. The molecule has 2 aromatic heterocycles. The lowest BCUT2D eigenvalue weighted by Gasteiger charge is -2.15. The monoisotopic (exact) mass is 308 g/mol. The number of rotatable bonds is 5. The molecular weight excluding hydrogens is 292 g/mol. The van der Waals surface area contributed by atoms with Crippen LogP contribution >= 0.6 is 11.3 Å². The van der Waals surface area contributed by atoms with E-state index in [2.05, 4.69) is 4.98 Å². The first-order valence-electron chi connectivity index (χ1n) is 6.35. The van der Waals surface area contributed by atoms with Crippen LogP contribution in [0, 0.1) is 13.8 Å². The van der Waals surface area contributed by atoms with E-state index in [0.29, 0.717) is 22.9 Å². The van der Waals surface area contributed by atoms with E-state index in [-0.39, 0.29) is 12.5 Å². The molecule has 0 aliphatic heterocycles. The second-order valence-corrected chi connectivity index (χ2v) is 5.76. The molecule has 0 spiro atoms. The fourth-order valence-corrected chi connectivity index (χ4v) is 2.56. The Labute approximate surface area is 126 Å². The zero-order chi connectivity index (χ0) is 15.4. The van der Waals surface area contributed by atoms with Crippen molar-refractivity contribution in [1.29, 1.82) is 0 Å². The highest BCUT2D eigenvalue weighted by Gasteiger charge is 2.18. The summed E-state index contributed by atoms with van der Waals surface area (Å²) in [6.07, 6.45) is 1.54. The predicted molar refractivity (Wildman–Crippen MR) is 77.1 cm³/mol. The summed E-state index contributed by atoms with van der Waals surface area (Å²) in [5.41, 5.74) is 0.624. The average molecular weight is 308 g/mol. The number of nitrogens with zero attached hydrogens (tertiary/aromatic N) is 2. The maximum atomic E-state index is 11.9. The molecule has 0 fully saturated rings. The Morgan fingerprint density at radius 1 is 1.43 bits per heavy atom. The highest BCUT2D eigenvalue weighted by atomic mass is 32.1. The molecule has 0 aromatic carbocycles. The van der Waals surface area contributed by atoms with Crippen LogP contribution in [0.4, 0.5) is 0 Å². The largest absolute Gasteiger partial charge is 0.467 e. The first kappa shape index (κ1) is 15.2. The summed E-state index contributed by atoms with van der Waals surface area (Å²) in [7, 11) is 1.63. The molecule has 2 rings (SSSR count). The van der Waals surface area contributed by atoms with Gasteiger partial charge in [0.15, 0.2) is 6.61 Å². The van der Waals surface area contributed by atoms with Crippen molar-refractivity contribution in [3.05, 3.63) is 39.7 Å². The summed E-state index contributed by atoms with van der Waals surface area (Å²) >= 11 is 1.26. The van der Waals surface area contributed by atoms with Gasteiger partial charge in [-0.1, -0.05) is 0 Å². The molecule has 7 heteroatoms. The Balaban J connectivity index is 1.86. The van der Waals surface area contributed by atoms with E-state index < -0.39 is 5.97 Å². The van der Waals surface area contributed by atoms with Crippen LogP contribution in [0.1, 0.15) is 26.1 Å². The number of amides is 1. The molecule has 0 bridgehead atoms. The molecule has 0 saturated heterocycles. The lowest BCUT2D eigenvalue weighted by atomic mass is 10.4. The van der Waals surface area contributed by atoms with Crippen molar-refractivity contribution in [2.75, 3.05) is 13.7 Å². The normalized spacial score (nSPS) is 10.4. The third-order valence-electron chi connectivity index (χ3n) is 2.81. The molecule has 112 valence electrons. The van der Waals surface area contributed by atoms with Gasteiger partial charge in [-0.25, -0.2) is 9.78 Å². The number of carbonyl (C=O) groups is 2. The average Bonchev–Trinajstić information content (AvgIpc) is 3.05. The second-order valence-electron chi connectivity index (χ2n) is 4.55. The van der Waals surface area contributed by atoms with Gasteiger partial charge in [-0.2, -0.15) is 0 Å². The Bertz CT molecular complexity index is 633. The molecule has 0 radical (unpaired) electrons. The molecule has 0 aliphatic carbocycles. The molecule has 6 nitrogen and oxygen atoms in total. The first-order chi connectivity index (χ1) is 9.97. The molecule has 2 heterocycles. The summed E-state index contributed by atoms with van der Waals surface area (Å²) in [4.78, 5) is 29.8. The maximum Gasteiger partial charge on any atom is 0.350 e. The first-order valence-corrected chi connectivity index (χ1v) is 7.16. The topological polar surface area (TPSA) is 72.6 Å². The minimum atomic E-state index is -0.516. The van der Waals surface area contributed by atoms with Crippen molar-refractivity contribution in [1.82, 2.24) is 9.88 Å². The number of furan rings is 1. The van der Waals surface area contributed by atoms with Gasteiger partial charge < -0.3 is 14.1 Å². The Morgan fingerprint density at radius 2 is 2.19 bits per heavy atom. The third kappa shape index (κ3) is 3.91. The highest BCUT2D eigenvalue weighted by molar-refractivity contribution is 7.13. The summed E-state index contributed by atoms with van der Waals surface area (Å²) in [5, 5.41) is 0.792. The molecule has 0 N–H and O–H groups in total. The van der Waals surface area contributed by atoms with Crippen molar-refractivity contribution in [2.45, 2.75) is 20.4 Å². The molecule has 0 atom stereocenters. The molecule has 0 saturated carbocycles. The van der Waals surface area contributed by atoms with Crippen LogP contribution in [-0.4, -0.2) is 35.4 Å². The van der Waals surface area contributed by atoms with Crippen LogP contribution in [0.2, 0.25) is 0 Å². The van der Waals surface area contributed by atoms with Gasteiger partial charge >= 0.3 is 5.97 Å². The molecule has 0 aliphatic rings. The van der Waals surface area contributed by atoms with Crippen molar-refractivity contribution in [3.8, 4) is 0 Å². The number of aryl methyl sites for hydroxylation is 2. The summed E-state index contributed by atoms with van der Waals surface area (Å²) in [5.74, 6) is -0.136. The lowest BCUT2D eigenvalue weighted by molar-refractivity contribution is -0.133. The number of hydrogen-bond acceptors (Lipinski definition) is 6. The van der Waals surface area contributed by atoms with Gasteiger partial charge in [0.2, 0.25) is 0 Å². The van der Waals surface area contributed by atoms with Gasteiger partial charge in [0.05, 0.1) is 23.5 Å². The van der Waals surface area contributed by atoms with Gasteiger partial charge in [-0.05, 0) is 26.0 Å². The van der Waals surface area contributed by atoms with Gasteiger partial charge in [-0.3, -0.25) is 4.79 Å². The standard InChI is InChI=1S/C14H16N2O4S/c1-9-13(21-10(2)15-9)14(18)20-8-12(17)16(3)7-11-5-4-6-19-11/h4-6H,7-8H2,1-3H3. The number of ether oxygens (including phenoxy) is 1. The Hall–Kier alpha value is -2.15. The summed E-state index contributed by atoms with van der Waals surface area (Å²) in [6, 6.07) is 3.53. The smallest absolute Gasteiger partial charge is 0.350 e. The fourth-order valence-electron chi connectivity index (χ4n) is 1.75. The van der Waals surface area contributed by atoms with Gasteiger partial charge in [0.1, 0.15) is 10.6 Å². The number of hydrogen-bond donors (Lipinski definition) is 0.